The number of rotatable bonds is 5. The number of anilines is 1. The van der Waals surface area contributed by atoms with Gasteiger partial charge in [0.15, 0.2) is 11.2 Å². The van der Waals surface area contributed by atoms with Crippen molar-refractivity contribution in [2.24, 2.45) is 7.05 Å². The predicted molar refractivity (Wildman–Crippen MR) is 112 cm³/mol. The third-order valence-corrected chi connectivity index (χ3v) is 5.69. The molecule has 0 amide bonds. The van der Waals surface area contributed by atoms with E-state index in [1.54, 1.807) is 18.8 Å². The Morgan fingerprint density at radius 3 is 2.68 bits per heavy atom. The maximum Gasteiger partial charge on any atom is 0.306 e. The minimum absolute atomic E-state index is 0.155. The second-order valence-electron chi connectivity index (χ2n) is 6.58. The molecular weight excluding hydrogens is 376 g/mol. The summed E-state index contributed by atoms with van der Waals surface area (Å²) in [5.74, 6) is 1.47. The first-order chi connectivity index (χ1) is 13.6. The van der Waals surface area contributed by atoms with E-state index >= 15 is 0 Å². The lowest BCUT2D eigenvalue weighted by Crippen LogP contribution is -2.44. The van der Waals surface area contributed by atoms with Crippen molar-refractivity contribution in [2.75, 3.05) is 37.3 Å². The number of nitrogens with one attached hydrogen (secondary N) is 1. The van der Waals surface area contributed by atoms with Crippen LogP contribution in [0.4, 0.5) is 5.95 Å². The molecule has 0 saturated carbocycles. The number of fused-ring (bicyclic) bond motifs is 1. The lowest BCUT2D eigenvalue weighted by Gasteiger charge is -2.28. The van der Waals surface area contributed by atoms with Gasteiger partial charge >= 0.3 is 6.01 Å². The average Bonchev–Trinajstić information content (AvgIpc) is 3.11. The highest BCUT2D eigenvalue weighted by Gasteiger charge is 2.23. The molecular formula is C19H24N6O2S. The van der Waals surface area contributed by atoms with Gasteiger partial charge < -0.3 is 19.5 Å². The maximum atomic E-state index is 13.1. The maximum absolute atomic E-state index is 13.1. The van der Waals surface area contributed by atoms with E-state index in [9.17, 15) is 4.79 Å². The number of piperazine rings is 1. The summed E-state index contributed by atoms with van der Waals surface area (Å²) in [5.41, 5.74) is 0.788. The van der Waals surface area contributed by atoms with Crippen LogP contribution in [-0.2, 0) is 13.6 Å². The molecule has 1 aliphatic rings. The second kappa shape index (κ2) is 7.84. The highest BCUT2D eigenvalue weighted by atomic mass is 32.2. The Hall–Kier alpha value is -2.52. The molecule has 0 unspecified atom stereocenters. The standard InChI is InChI=1S/C19H24N6O2S/c1-4-25-15-16(21-18(25)24-11-9-20-10-12-24)22-19(23(2)17(15)26)27-13-7-5-6-8-14(13)28-3/h5-8,20H,4,9-12H2,1-3H3. The number of aromatic nitrogens is 4. The summed E-state index contributed by atoms with van der Waals surface area (Å²) in [6.07, 6.45) is 1.99. The van der Waals surface area contributed by atoms with Gasteiger partial charge in [-0.25, -0.2) is 0 Å². The van der Waals surface area contributed by atoms with Gasteiger partial charge in [-0.15, -0.1) is 11.8 Å². The van der Waals surface area contributed by atoms with Crippen molar-refractivity contribution in [3.05, 3.63) is 34.6 Å². The fraction of sp³-hybridized carbons (Fsp3) is 0.421. The average molecular weight is 401 g/mol. The molecule has 1 aromatic carbocycles. The van der Waals surface area contributed by atoms with Gasteiger partial charge in [0, 0.05) is 44.7 Å². The van der Waals surface area contributed by atoms with Crippen LogP contribution in [0.15, 0.2) is 34.0 Å². The zero-order chi connectivity index (χ0) is 19.7. The number of imidazole rings is 1. The minimum atomic E-state index is -0.155. The molecule has 4 rings (SSSR count). The molecule has 148 valence electrons. The summed E-state index contributed by atoms with van der Waals surface area (Å²) in [6.45, 7) is 6.19. The molecule has 0 aliphatic carbocycles. The van der Waals surface area contributed by atoms with Crippen molar-refractivity contribution in [3.8, 4) is 11.8 Å². The van der Waals surface area contributed by atoms with Crippen LogP contribution >= 0.6 is 11.8 Å². The first kappa shape index (κ1) is 18.8. The molecule has 28 heavy (non-hydrogen) atoms. The number of para-hydroxylation sites is 1. The Balaban J connectivity index is 1.82. The van der Waals surface area contributed by atoms with Gasteiger partial charge in [0.2, 0.25) is 5.95 Å². The highest BCUT2D eigenvalue weighted by Crippen LogP contribution is 2.30. The summed E-state index contributed by atoms with van der Waals surface area (Å²) >= 11 is 1.58. The summed E-state index contributed by atoms with van der Waals surface area (Å²) in [7, 11) is 1.68. The lowest BCUT2D eigenvalue weighted by atomic mass is 10.3. The Morgan fingerprint density at radius 1 is 1.21 bits per heavy atom. The van der Waals surface area contributed by atoms with Crippen molar-refractivity contribution in [1.82, 2.24) is 24.4 Å². The van der Waals surface area contributed by atoms with Gasteiger partial charge in [-0.1, -0.05) is 12.1 Å². The largest absolute Gasteiger partial charge is 0.424 e. The molecule has 8 nitrogen and oxygen atoms in total. The predicted octanol–water partition coefficient (Wildman–Crippen LogP) is 2.07. The van der Waals surface area contributed by atoms with Gasteiger partial charge in [0.25, 0.3) is 5.56 Å². The molecule has 0 bridgehead atoms. The van der Waals surface area contributed by atoms with Crippen LogP contribution in [0.25, 0.3) is 11.2 Å². The monoisotopic (exact) mass is 400 g/mol. The zero-order valence-corrected chi connectivity index (χ0v) is 17.1. The quantitative estimate of drug-likeness (QED) is 0.657. The summed E-state index contributed by atoms with van der Waals surface area (Å²) in [5, 5.41) is 3.34. The molecule has 9 heteroatoms. The Labute approximate surface area is 167 Å². The topological polar surface area (TPSA) is 77.2 Å². The van der Waals surface area contributed by atoms with Crippen LogP contribution in [-0.4, -0.2) is 51.5 Å². The van der Waals surface area contributed by atoms with Crippen molar-refractivity contribution in [1.29, 1.82) is 0 Å². The minimum Gasteiger partial charge on any atom is -0.424 e. The van der Waals surface area contributed by atoms with Crippen LogP contribution in [0.1, 0.15) is 6.92 Å². The van der Waals surface area contributed by atoms with E-state index in [-0.39, 0.29) is 11.6 Å². The highest BCUT2D eigenvalue weighted by molar-refractivity contribution is 7.98. The SMILES string of the molecule is CCn1c(N2CCNCC2)nc2nc(Oc3ccccc3SC)n(C)c(=O)c21. The van der Waals surface area contributed by atoms with Gasteiger partial charge in [-0.3, -0.25) is 9.36 Å². The molecule has 2 aromatic heterocycles. The Kier molecular flexibility index (Phi) is 5.27. The van der Waals surface area contributed by atoms with E-state index in [1.807, 2.05) is 42.0 Å². The van der Waals surface area contributed by atoms with E-state index in [2.05, 4.69) is 15.2 Å². The van der Waals surface area contributed by atoms with Crippen molar-refractivity contribution in [3.63, 3.8) is 0 Å². The fourth-order valence-electron chi connectivity index (χ4n) is 3.43. The second-order valence-corrected chi connectivity index (χ2v) is 7.42. The number of benzene rings is 1. The molecule has 1 N–H and O–H groups in total. The van der Waals surface area contributed by atoms with Gasteiger partial charge in [-0.05, 0) is 25.3 Å². The first-order valence-electron chi connectivity index (χ1n) is 9.37. The first-order valence-corrected chi connectivity index (χ1v) is 10.6. The van der Waals surface area contributed by atoms with Crippen molar-refractivity contribution >= 4 is 28.9 Å². The normalized spacial score (nSPS) is 14.6. The smallest absolute Gasteiger partial charge is 0.306 e. The number of hydrogen-bond donors (Lipinski definition) is 1. The van der Waals surface area contributed by atoms with E-state index in [1.165, 1.54) is 4.57 Å². The number of hydrogen-bond acceptors (Lipinski definition) is 7. The number of ether oxygens (including phenoxy) is 1. The van der Waals surface area contributed by atoms with Gasteiger partial charge in [0.05, 0.1) is 0 Å². The molecule has 0 spiro atoms. The summed E-state index contributed by atoms with van der Waals surface area (Å²) < 4.78 is 9.41. The van der Waals surface area contributed by atoms with Crippen LogP contribution in [0.3, 0.4) is 0 Å². The molecule has 3 heterocycles. The van der Waals surface area contributed by atoms with Crippen LogP contribution in [0.5, 0.6) is 11.8 Å². The number of nitrogens with zero attached hydrogens (tertiary/aromatic N) is 5. The Morgan fingerprint density at radius 2 is 1.96 bits per heavy atom. The number of aryl methyl sites for hydroxylation is 1. The fourth-order valence-corrected chi connectivity index (χ4v) is 3.95. The van der Waals surface area contributed by atoms with Crippen LogP contribution in [0, 0.1) is 0 Å². The van der Waals surface area contributed by atoms with E-state index in [0.717, 1.165) is 37.0 Å². The molecule has 1 saturated heterocycles. The van der Waals surface area contributed by atoms with Crippen molar-refractivity contribution < 1.29 is 4.74 Å². The van der Waals surface area contributed by atoms with E-state index in [0.29, 0.717) is 23.5 Å². The molecule has 3 aromatic rings. The lowest BCUT2D eigenvalue weighted by molar-refractivity contribution is 0.407. The summed E-state index contributed by atoms with van der Waals surface area (Å²) in [4.78, 5) is 25.6. The van der Waals surface area contributed by atoms with E-state index in [4.69, 9.17) is 9.72 Å². The molecule has 1 aliphatic heterocycles. The number of thioether (sulfide) groups is 1. The van der Waals surface area contributed by atoms with E-state index < -0.39 is 0 Å². The van der Waals surface area contributed by atoms with Gasteiger partial charge in [0.1, 0.15) is 5.75 Å². The Bertz CT molecular complexity index is 1050. The zero-order valence-electron chi connectivity index (χ0n) is 16.3. The molecule has 1 fully saturated rings. The van der Waals surface area contributed by atoms with Crippen LogP contribution < -0.4 is 20.5 Å². The third kappa shape index (κ3) is 3.24. The van der Waals surface area contributed by atoms with Crippen molar-refractivity contribution in [2.45, 2.75) is 18.4 Å². The third-order valence-electron chi connectivity index (χ3n) is 4.91. The van der Waals surface area contributed by atoms with Crippen LogP contribution in [0.2, 0.25) is 0 Å². The molecule has 0 atom stereocenters. The van der Waals surface area contributed by atoms with Gasteiger partial charge in [-0.2, -0.15) is 9.97 Å². The molecule has 0 radical (unpaired) electrons. The summed E-state index contributed by atoms with van der Waals surface area (Å²) in [6, 6.07) is 7.95.